The van der Waals surface area contributed by atoms with E-state index < -0.39 is 6.09 Å². The Labute approximate surface area is 166 Å². The Morgan fingerprint density at radius 1 is 1.36 bits per heavy atom. The van der Waals surface area contributed by atoms with Crippen molar-refractivity contribution in [3.8, 4) is 5.75 Å². The number of benzene rings is 1. The summed E-state index contributed by atoms with van der Waals surface area (Å²) in [6.45, 7) is 2.79. The van der Waals surface area contributed by atoms with Crippen molar-refractivity contribution in [1.82, 2.24) is 10.0 Å². The molecule has 2 bridgehead atoms. The molecule has 2 atom stereocenters. The molecule has 150 valence electrons. The van der Waals surface area contributed by atoms with Gasteiger partial charge in [-0.15, -0.1) is 5.06 Å². The lowest BCUT2D eigenvalue weighted by Gasteiger charge is -2.24. The summed E-state index contributed by atoms with van der Waals surface area (Å²) in [4.78, 5) is 22.4. The number of hydrogen-bond donors (Lipinski definition) is 1. The summed E-state index contributed by atoms with van der Waals surface area (Å²) in [7, 11) is 1.63. The van der Waals surface area contributed by atoms with E-state index in [0.717, 1.165) is 42.7 Å². The molecule has 1 amide bonds. The van der Waals surface area contributed by atoms with E-state index in [2.05, 4.69) is 16.4 Å². The van der Waals surface area contributed by atoms with Crippen LogP contribution < -0.4 is 10.1 Å². The lowest BCUT2D eigenvalue weighted by Crippen LogP contribution is -2.39. The molecule has 0 saturated carbocycles. The van der Waals surface area contributed by atoms with E-state index in [4.69, 9.17) is 19.0 Å². The molecule has 3 saturated heterocycles. The van der Waals surface area contributed by atoms with Gasteiger partial charge in [-0.25, -0.2) is 9.78 Å². The number of rotatable bonds is 4. The number of methoxy groups -OCH3 is 1. The zero-order valence-electron chi connectivity index (χ0n) is 15.7. The van der Waals surface area contributed by atoms with Gasteiger partial charge in [0, 0.05) is 13.2 Å². The molecule has 0 unspecified atom stereocenters. The number of hydrogen-bond acceptors (Lipinski definition) is 8. The molecule has 2 aromatic rings. The van der Waals surface area contributed by atoms with Gasteiger partial charge in [0.15, 0.2) is 5.13 Å². The van der Waals surface area contributed by atoms with Crippen LogP contribution in [0.3, 0.4) is 0 Å². The maximum absolute atomic E-state index is 12.4. The number of aromatic nitrogens is 1. The predicted octanol–water partition coefficient (Wildman–Crippen LogP) is 3.14. The predicted molar refractivity (Wildman–Crippen MR) is 104 cm³/mol. The quantitative estimate of drug-likeness (QED) is 0.837. The van der Waals surface area contributed by atoms with Crippen LogP contribution in [0.25, 0.3) is 10.2 Å². The lowest BCUT2D eigenvalue weighted by molar-refractivity contribution is -0.146. The van der Waals surface area contributed by atoms with Gasteiger partial charge in [-0.1, -0.05) is 17.4 Å². The Morgan fingerprint density at radius 3 is 2.93 bits per heavy atom. The molecule has 3 aliphatic rings. The number of thiazole rings is 1. The minimum atomic E-state index is -0.516. The van der Waals surface area contributed by atoms with Gasteiger partial charge < -0.3 is 19.0 Å². The summed E-state index contributed by atoms with van der Waals surface area (Å²) < 4.78 is 17.6. The minimum absolute atomic E-state index is 0.159. The van der Waals surface area contributed by atoms with Gasteiger partial charge in [-0.3, -0.25) is 5.32 Å². The fourth-order valence-electron chi connectivity index (χ4n) is 4.24. The Kier molecular flexibility index (Phi) is 4.83. The van der Waals surface area contributed by atoms with Gasteiger partial charge in [0.05, 0.1) is 37.1 Å². The van der Waals surface area contributed by atoms with Gasteiger partial charge in [0.25, 0.3) is 0 Å². The topological polar surface area (TPSA) is 82.2 Å². The van der Waals surface area contributed by atoms with Crippen LogP contribution in [0.5, 0.6) is 5.75 Å². The second-order valence-corrected chi connectivity index (χ2v) is 8.39. The first-order valence-corrected chi connectivity index (χ1v) is 10.5. The van der Waals surface area contributed by atoms with Crippen LogP contribution in [0.15, 0.2) is 12.1 Å². The van der Waals surface area contributed by atoms with Gasteiger partial charge in [0.2, 0.25) is 0 Å². The molecule has 8 nitrogen and oxygen atoms in total. The second kappa shape index (κ2) is 7.47. The molecule has 1 aromatic carbocycles. The second-order valence-electron chi connectivity index (χ2n) is 7.39. The van der Waals surface area contributed by atoms with E-state index >= 15 is 0 Å². The molecule has 0 radical (unpaired) electrons. The zero-order chi connectivity index (χ0) is 19.1. The van der Waals surface area contributed by atoms with E-state index in [1.54, 1.807) is 12.2 Å². The van der Waals surface area contributed by atoms with Gasteiger partial charge in [0.1, 0.15) is 11.3 Å². The number of anilines is 1. The number of morpholine rings is 1. The molecular weight excluding hydrogens is 382 g/mol. The number of nitrogens with one attached hydrogen (secondary N) is 1. The smallest absolute Gasteiger partial charge is 0.432 e. The van der Waals surface area contributed by atoms with Crippen molar-refractivity contribution in [2.75, 3.05) is 38.8 Å². The SMILES string of the molecule is COc1ccc(C2CCOCC2)c2sc(NC(=O)ON3C[C@@H]4C[C@H]3CO4)nc12. The van der Waals surface area contributed by atoms with E-state index in [1.807, 2.05) is 6.07 Å². The third-order valence-electron chi connectivity index (χ3n) is 5.68. The fourth-order valence-corrected chi connectivity index (χ4v) is 5.30. The molecule has 1 aromatic heterocycles. The Balaban J connectivity index is 1.36. The average Bonchev–Trinajstić information content (AvgIpc) is 3.43. The molecule has 5 rings (SSSR count). The molecule has 0 aliphatic carbocycles. The van der Waals surface area contributed by atoms with Crippen LogP contribution in [0.2, 0.25) is 0 Å². The highest BCUT2D eigenvalue weighted by Gasteiger charge is 2.41. The largest absolute Gasteiger partial charge is 0.494 e. The van der Waals surface area contributed by atoms with E-state index in [-0.39, 0.29) is 12.1 Å². The molecule has 0 spiro atoms. The number of fused-ring (bicyclic) bond motifs is 3. The van der Waals surface area contributed by atoms with Crippen LogP contribution in [0, 0.1) is 0 Å². The van der Waals surface area contributed by atoms with Crippen molar-refractivity contribution >= 4 is 32.8 Å². The Hall–Kier alpha value is -1.94. The number of nitrogens with zero attached hydrogens (tertiary/aromatic N) is 2. The number of hydroxylamine groups is 2. The maximum Gasteiger partial charge on any atom is 0.432 e. The molecule has 9 heteroatoms. The first kappa shape index (κ1) is 18.1. The van der Waals surface area contributed by atoms with Crippen LogP contribution >= 0.6 is 11.3 Å². The summed E-state index contributed by atoms with van der Waals surface area (Å²) >= 11 is 1.46. The van der Waals surface area contributed by atoms with Crippen molar-refractivity contribution in [3.63, 3.8) is 0 Å². The zero-order valence-corrected chi connectivity index (χ0v) is 16.5. The standard InChI is InChI=1S/C19H23N3O5S/c1-24-15-3-2-14(11-4-6-25-7-5-11)17-16(15)20-18(28-17)21-19(23)27-22-9-13-8-12(22)10-26-13/h2-3,11-13H,4-10H2,1H3,(H,20,21,23)/t12-,13-/m0/s1. The highest BCUT2D eigenvalue weighted by Crippen LogP contribution is 2.40. The van der Waals surface area contributed by atoms with Crippen molar-refractivity contribution in [2.45, 2.75) is 37.3 Å². The van der Waals surface area contributed by atoms with Crippen LogP contribution in [0.1, 0.15) is 30.7 Å². The van der Waals surface area contributed by atoms with E-state index in [0.29, 0.717) is 30.0 Å². The number of carbonyl (C=O) groups excluding carboxylic acids is 1. The summed E-state index contributed by atoms with van der Waals surface area (Å²) in [6, 6.07) is 4.22. The Bertz CT molecular complexity index is 882. The fraction of sp³-hybridized carbons (Fsp3) is 0.579. The third kappa shape index (κ3) is 3.32. The van der Waals surface area contributed by atoms with E-state index in [1.165, 1.54) is 16.9 Å². The third-order valence-corrected chi connectivity index (χ3v) is 6.70. The number of carbonyl (C=O) groups is 1. The van der Waals surface area contributed by atoms with Crippen molar-refractivity contribution in [2.24, 2.45) is 0 Å². The monoisotopic (exact) mass is 405 g/mol. The highest BCUT2D eigenvalue weighted by molar-refractivity contribution is 7.22. The molecular formula is C19H23N3O5S. The summed E-state index contributed by atoms with van der Waals surface area (Å²) in [5, 5.41) is 5.01. The molecule has 3 fully saturated rings. The lowest BCUT2D eigenvalue weighted by atomic mass is 9.91. The highest BCUT2D eigenvalue weighted by atomic mass is 32.1. The summed E-state index contributed by atoms with van der Waals surface area (Å²) in [5.41, 5.74) is 2.02. The summed E-state index contributed by atoms with van der Waals surface area (Å²) in [5.74, 6) is 1.14. The van der Waals surface area contributed by atoms with Crippen molar-refractivity contribution < 1.29 is 23.8 Å². The molecule has 1 N–H and O–H groups in total. The maximum atomic E-state index is 12.4. The summed E-state index contributed by atoms with van der Waals surface area (Å²) in [6.07, 6.45) is 2.55. The van der Waals surface area contributed by atoms with Crippen LogP contribution in [-0.2, 0) is 14.3 Å². The minimum Gasteiger partial charge on any atom is -0.494 e. The van der Waals surface area contributed by atoms with Crippen LogP contribution in [-0.4, -0.2) is 61.8 Å². The molecule has 4 heterocycles. The normalized spacial score (nSPS) is 25.3. The first-order valence-electron chi connectivity index (χ1n) is 9.63. The van der Waals surface area contributed by atoms with Crippen LogP contribution in [0.4, 0.5) is 9.93 Å². The van der Waals surface area contributed by atoms with Gasteiger partial charge in [-0.05, 0) is 36.8 Å². The van der Waals surface area contributed by atoms with Gasteiger partial charge >= 0.3 is 6.09 Å². The number of ether oxygens (including phenoxy) is 3. The first-order chi connectivity index (χ1) is 13.7. The van der Waals surface area contributed by atoms with Crippen molar-refractivity contribution in [1.29, 1.82) is 0 Å². The van der Waals surface area contributed by atoms with E-state index in [9.17, 15) is 4.79 Å². The van der Waals surface area contributed by atoms with Gasteiger partial charge in [-0.2, -0.15) is 0 Å². The van der Waals surface area contributed by atoms with Crippen molar-refractivity contribution in [3.05, 3.63) is 17.7 Å². The Morgan fingerprint density at radius 2 is 2.21 bits per heavy atom. The number of amides is 1. The molecule has 28 heavy (non-hydrogen) atoms. The average molecular weight is 405 g/mol. The molecule has 3 aliphatic heterocycles.